The van der Waals surface area contributed by atoms with Gasteiger partial charge < -0.3 is 5.32 Å². The molecule has 15 heavy (non-hydrogen) atoms. The minimum absolute atomic E-state index is 0.499. The Bertz CT molecular complexity index is 364. The minimum atomic E-state index is 0.499. The summed E-state index contributed by atoms with van der Waals surface area (Å²) in [6.07, 6.45) is 0. The van der Waals surface area contributed by atoms with Gasteiger partial charge in [-0.2, -0.15) is 0 Å². The van der Waals surface area contributed by atoms with E-state index < -0.39 is 0 Å². The van der Waals surface area contributed by atoms with Crippen LogP contribution in [0.4, 0.5) is 5.69 Å². The fraction of sp³-hybridized carbons (Fsp3) is 0.364. The van der Waals surface area contributed by atoms with Crippen molar-refractivity contribution in [2.75, 3.05) is 5.32 Å². The van der Waals surface area contributed by atoms with E-state index in [0.29, 0.717) is 5.25 Å². The first-order valence-corrected chi connectivity index (χ1v) is 6.39. The average Bonchev–Trinajstić information content (AvgIpc) is 2.10. The summed E-state index contributed by atoms with van der Waals surface area (Å²) in [5.74, 6) is 0. The summed E-state index contributed by atoms with van der Waals surface area (Å²) in [5.41, 5.74) is 2.05. The highest BCUT2D eigenvalue weighted by Gasteiger charge is 2.03. The van der Waals surface area contributed by atoms with E-state index in [9.17, 15) is 0 Å². The maximum atomic E-state index is 5.94. The number of nitrogens with one attached hydrogen (secondary N) is 1. The summed E-state index contributed by atoms with van der Waals surface area (Å²) in [6, 6.07) is 5.81. The van der Waals surface area contributed by atoms with Crippen molar-refractivity contribution in [1.29, 1.82) is 0 Å². The Morgan fingerprint density at radius 3 is 2.67 bits per heavy atom. The summed E-state index contributed by atoms with van der Waals surface area (Å²) in [5, 5.41) is 4.46. The van der Waals surface area contributed by atoms with Gasteiger partial charge in [0.1, 0.15) is 4.32 Å². The smallest absolute Gasteiger partial charge is 0.138 e. The van der Waals surface area contributed by atoms with E-state index in [1.807, 2.05) is 25.1 Å². The molecule has 0 aromatic heterocycles. The molecule has 82 valence electrons. The summed E-state index contributed by atoms with van der Waals surface area (Å²) in [6.45, 7) is 6.21. The van der Waals surface area contributed by atoms with Gasteiger partial charge in [-0.15, -0.1) is 0 Å². The van der Waals surface area contributed by atoms with E-state index in [-0.39, 0.29) is 0 Å². The van der Waals surface area contributed by atoms with Gasteiger partial charge in [0.15, 0.2) is 0 Å². The highest BCUT2D eigenvalue weighted by Crippen LogP contribution is 2.21. The first-order chi connectivity index (χ1) is 6.99. The molecule has 1 nitrogen and oxygen atoms in total. The second kappa shape index (κ2) is 5.73. The average molecular weight is 260 g/mol. The summed E-state index contributed by atoms with van der Waals surface area (Å²) in [4.78, 5) is 0. The number of benzene rings is 1. The number of thioether (sulfide) groups is 1. The molecule has 0 bridgehead atoms. The third-order valence-electron chi connectivity index (χ3n) is 1.75. The maximum absolute atomic E-state index is 5.94. The van der Waals surface area contributed by atoms with Crippen LogP contribution in [0.1, 0.15) is 19.4 Å². The van der Waals surface area contributed by atoms with Crippen molar-refractivity contribution < 1.29 is 0 Å². The van der Waals surface area contributed by atoms with Crippen LogP contribution in [0.2, 0.25) is 5.02 Å². The zero-order chi connectivity index (χ0) is 11.4. The molecule has 1 aromatic rings. The molecule has 0 spiro atoms. The molecule has 0 aliphatic heterocycles. The monoisotopic (exact) mass is 259 g/mol. The lowest BCUT2D eigenvalue weighted by Gasteiger charge is -2.10. The topological polar surface area (TPSA) is 12.0 Å². The largest absolute Gasteiger partial charge is 0.341 e. The Morgan fingerprint density at radius 2 is 2.13 bits per heavy atom. The molecule has 1 rings (SSSR count). The normalized spacial score (nSPS) is 10.5. The maximum Gasteiger partial charge on any atom is 0.138 e. The molecule has 0 aliphatic rings. The van der Waals surface area contributed by atoms with Crippen molar-refractivity contribution in [3.05, 3.63) is 28.8 Å². The standard InChI is InChI=1S/C11H14ClNS2/c1-7(2)15-11(14)13-9-4-5-10(12)8(3)6-9/h4-7H,1-3H3,(H,13,14). The van der Waals surface area contributed by atoms with Gasteiger partial charge in [0.2, 0.25) is 0 Å². The second-order valence-corrected chi connectivity index (χ2v) is 6.20. The molecular formula is C11H14ClNS2. The second-order valence-electron chi connectivity index (χ2n) is 3.54. The molecule has 0 amide bonds. The van der Waals surface area contributed by atoms with Crippen LogP contribution in [0, 0.1) is 6.92 Å². The fourth-order valence-electron chi connectivity index (χ4n) is 1.08. The van der Waals surface area contributed by atoms with Crippen LogP contribution >= 0.6 is 35.6 Å². The molecule has 0 aliphatic carbocycles. The molecule has 1 N–H and O–H groups in total. The Morgan fingerprint density at radius 1 is 1.47 bits per heavy atom. The highest BCUT2D eigenvalue weighted by molar-refractivity contribution is 8.23. The van der Waals surface area contributed by atoms with E-state index in [4.69, 9.17) is 23.8 Å². The third kappa shape index (κ3) is 4.41. The quantitative estimate of drug-likeness (QED) is 0.786. The molecule has 0 atom stereocenters. The Balaban J connectivity index is 2.65. The van der Waals surface area contributed by atoms with Crippen LogP contribution in [0.25, 0.3) is 0 Å². The number of anilines is 1. The van der Waals surface area contributed by atoms with Crippen molar-refractivity contribution in [2.24, 2.45) is 0 Å². The van der Waals surface area contributed by atoms with Crippen LogP contribution in [0.5, 0.6) is 0 Å². The van der Waals surface area contributed by atoms with Gasteiger partial charge >= 0.3 is 0 Å². The van der Waals surface area contributed by atoms with Crippen molar-refractivity contribution in [3.63, 3.8) is 0 Å². The Hall–Kier alpha value is -0.250. The lowest BCUT2D eigenvalue weighted by molar-refractivity contribution is 1.12. The van der Waals surface area contributed by atoms with Crippen LogP contribution in [0.3, 0.4) is 0 Å². The minimum Gasteiger partial charge on any atom is -0.341 e. The summed E-state index contributed by atoms with van der Waals surface area (Å²) in [7, 11) is 0. The van der Waals surface area contributed by atoms with Crippen molar-refractivity contribution in [2.45, 2.75) is 26.0 Å². The first kappa shape index (κ1) is 12.8. The predicted octanol–water partition coefficient (Wildman–Crippen LogP) is 4.49. The number of hydrogen-bond acceptors (Lipinski definition) is 2. The fourth-order valence-corrected chi connectivity index (χ4v) is 2.50. The summed E-state index contributed by atoms with van der Waals surface area (Å²) >= 11 is 12.8. The first-order valence-electron chi connectivity index (χ1n) is 4.73. The van der Waals surface area contributed by atoms with Crippen LogP contribution < -0.4 is 5.32 Å². The number of thiocarbonyl (C=S) groups is 1. The van der Waals surface area contributed by atoms with Gasteiger partial charge in [-0.05, 0) is 30.7 Å². The molecule has 0 saturated carbocycles. The van der Waals surface area contributed by atoms with Crippen molar-refractivity contribution in [1.82, 2.24) is 0 Å². The Labute approximate surface area is 106 Å². The van der Waals surface area contributed by atoms with E-state index >= 15 is 0 Å². The lowest BCUT2D eigenvalue weighted by atomic mass is 10.2. The number of halogens is 1. The summed E-state index contributed by atoms with van der Waals surface area (Å²) < 4.78 is 0.798. The van der Waals surface area contributed by atoms with E-state index in [2.05, 4.69) is 19.2 Å². The third-order valence-corrected chi connectivity index (χ3v) is 3.35. The molecule has 0 radical (unpaired) electrons. The van der Waals surface area contributed by atoms with Gasteiger partial charge in [0.05, 0.1) is 0 Å². The Kier molecular flexibility index (Phi) is 4.90. The lowest BCUT2D eigenvalue weighted by Crippen LogP contribution is -2.07. The zero-order valence-electron chi connectivity index (χ0n) is 9.00. The van der Waals surface area contributed by atoms with Gasteiger partial charge in [-0.3, -0.25) is 0 Å². The molecule has 0 saturated heterocycles. The predicted molar refractivity (Wildman–Crippen MR) is 75.1 cm³/mol. The molecule has 1 aromatic carbocycles. The van der Waals surface area contributed by atoms with Gasteiger partial charge in [0.25, 0.3) is 0 Å². The molecule has 0 heterocycles. The SMILES string of the molecule is Cc1cc(NC(=S)SC(C)C)ccc1Cl. The van der Waals surface area contributed by atoms with E-state index in [1.54, 1.807) is 11.8 Å². The molecule has 4 heteroatoms. The van der Waals surface area contributed by atoms with Crippen LogP contribution in [0.15, 0.2) is 18.2 Å². The number of aryl methyl sites for hydroxylation is 1. The molecule has 0 unspecified atom stereocenters. The van der Waals surface area contributed by atoms with Crippen LogP contribution in [-0.4, -0.2) is 9.57 Å². The van der Waals surface area contributed by atoms with Crippen molar-refractivity contribution in [3.8, 4) is 0 Å². The van der Waals surface area contributed by atoms with Gasteiger partial charge in [-0.1, -0.05) is 49.4 Å². The number of rotatable bonds is 2. The van der Waals surface area contributed by atoms with Crippen LogP contribution in [-0.2, 0) is 0 Å². The highest BCUT2D eigenvalue weighted by atomic mass is 35.5. The zero-order valence-corrected chi connectivity index (χ0v) is 11.4. The number of hydrogen-bond donors (Lipinski definition) is 1. The van der Waals surface area contributed by atoms with Crippen molar-refractivity contribution >= 4 is 45.6 Å². The van der Waals surface area contributed by atoms with Gasteiger partial charge in [-0.25, -0.2) is 0 Å². The van der Waals surface area contributed by atoms with E-state index in [1.165, 1.54) is 0 Å². The molecular weight excluding hydrogens is 246 g/mol. The molecule has 0 fully saturated rings. The van der Waals surface area contributed by atoms with Gasteiger partial charge in [0, 0.05) is 16.0 Å². The van der Waals surface area contributed by atoms with E-state index in [0.717, 1.165) is 20.6 Å².